The van der Waals surface area contributed by atoms with Gasteiger partial charge in [0.2, 0.25) is 0 Å². The van der Waals surface area contributed by atoms with Gasteiger partial charge < -0.3 is 5.11 Å². The van der Waals surface area contributed by atoms with Gasteiger partial charge in [-0.2, -0.15) is 5.10 Å². The van der Waals surface area contributed by atoms with Gasteiger partial charge in [0, 0.05) is 12.1 Å². The van der Waals surface area contributed by atoms with Gasteiger partial charge in [-0.25, -0.2) is 5.43 Å². The third kappa shape index (κ3) is 4.18. The normalized spacial score (nSPS) is 11.2. The van der Waals surface area contributed by atoms with Gasteiger partial charge in [-0.15, -0.1) is 0 Å². The number of rotatable bonds is 5. The Balaban J connectivity index is 2.04. The lowest BCUT2D eigenvalue weighted by molar-refractivity contribution is 0.0952. The molecule has 0 bridgehead atoms. The molecule has 4 nitrogen and oxygen atoms in total. The van der Waals surface area contributed by atoms with E-state index in [9.17, 15) is 9.90 Å². The lowest BCUT2D eigenvalue weighted by atomic mass is 10.1. The second-order valence-corrected chi connectivity index (χ2v) is 4.65. The Hall–Kier alpha value is -2.62. The van der Waals surface area contributed by atoms with Gasteiger partial charge in [0.1, 0.15) is 5.75 Å². The zero-order valence-corrected chi connectivity index (χ0v) is 11.9. The van der Waals surface area contributed by atoms with Crippen molar-refractivity contribution < 1.29 is 9.90 Å². The second-order valence-electron chi connectivity index (χ2n) is 4.65. The van der Waals surface area contributed by atoms with Crippen molar-refractivity contribution in [2.45, 2.75) is 19.8 Å². The van der Waals surface area contributed by atoms with E-state index in [0.717, 1.165) is 17.7 Å². The number of phenols is 1. The van der Waals surface area contributed by atoms with Crippen molar-refractivity contribution in [2.24, 2.45) is 5.10 Å². The summed E-state index contributed by atoms with van der Waals surface area (Å²) < 4.78 is 0. The third-order valence-corrected chi connectivity index (χ3v) is 3.12. The average molecular weight is 282 g/mol. The van der Waals surface area contributed by atoms with Gasteiger partial charge in [-0.1, -0.05) is 49.4 Å². The van der Waals surface area contributed by atoms with Gasteiger partial charge in [0.15, 0.2) is 0 Å². The van der Waals surface area contributed by atoms with Crippen molar-refractivity contribution >= 4 is 11.6 Å². The number of amides is 1. The van der Waals surface area contributed by atoms with Crippen LogP contribution in [-0.4, -0.2) is 16.7 Å². The molecular weight excluding hydrogens is 264 g/mol. The highest BCUT2D eigenvalue weighted by Crippen LogP contribution is 2.15. The summed E-state index contributed by atoms with van der Waals surface area (Å²) in [4.78, 5) is 12.0. The molecule has 2 N–H and O–H groups in total. The largest absolute Gasteiger partial charge is 0.507 e. The Morgan fingerprint density at radius 1 is 1.10 bits per heavy atom. The number of aromatic hydroxyl groups is 1. The summed E-state index contributed by atoms with van der Waals surface area (Å²) in [6.45, 7) is 1.99. The molecule has 1 amide bonds. The Morgan fingerprint density at radius 2 is 1.76 bits per heavy atom. The standard InChI is InChI=1S/C17H18N2O2/c1-2-14(12-13-8-4-3-5-9-13)18-19-17(21)15-10-6-7-11-16(15)20/h3-11,20H,2,12H2,1H3,(H,19,21)/b18-14-. The van der Waals surface area contributed by atoms with Crippen LogP contribution in [0.3, 0.4) is 0 Å². The molecule has 0 fully saturated rings. The molecule has 0 spiro atoms. The third-order valence-electron chi connectivity index (χ3n) is 3.12. The van der Waals surface area contributed by atoms with Crippen molar-refractivity contribution in [2.75, 3.05) is 0 Å². The van der Waals surface area contributed by atoms with Crippen LogP contribution in [-0.2, 0) is 6.42 Å². The summed E-state index contributed by atoms with van der Waals surface area (Å²) in [5.41, 5.74) is 4.75. The predicted molar refractivity (Wildman–Crippen MR) is 83.4 cm³/mol. The van der Waals surface area contributed by atoms with E-state index in [2.05, 4.69) is 10.5 Å². The van der Waals surface area contributed by atoms with Crippen molar-refractivity contribution in [1.29, 1.82) is 0 Å². The summed E-state index contributed by atoms with van der Waals surface area (Å²) in [5.74, 6) is -0.460. The minimum absolute atomic E-state index is 0.0497. The zero-order valence-electron chi connectivity index (χ0n) is 11.9. The summed E-state index contributed by atoms with van der Waals surface area (Å²) in [6.07, 6.45) is 1.44. The lowest BCUT2D eigenvalue weighted by Crippen LogP contribution is -2.20. The van der Waals surface area contributed by atoms with E-state index in [0.29, 0.717) is 6.42 Å². The Bertz CT molecular complexity index is 636. The van der Waals surface area contributed by atoms with Crippen LogP contribution in [0.15, 0.2) is 59.7 Å². The number of hydrogen-bond acceptors (Lipinski definition) is 3. The molecule has 2 rings (SSSR count). The number of nitrogens with one attached hydrogen (secondary N) is 1. The molecule has 2 aromatic carbocycles. The van der Waals surface area contributed by atoms with E-state index in [1.807, 2.05) is 37.3 Å². The summed E-state index contributed by atoms with van der Waals surface area (Å²) in [7, 11) is 0. The summed E-state index contributed by atoms with van der Waals surface area (Å²) in [6, 6.07) is 16.4. The number of hydrogen-bond donors (Lipinski definition) is 2. The SMILES string of the molecule is CC/C(Cc1ccccc1)=N/NC(=O)c1ccccc1O. The molecule has 0 saturated heterocycles. The van der Waals surface area contributed by atoms with E-state index in [1.54, 1.807) is 18.2 Å². The molecule has 21 heavy (non-hydrogen) atoms. The highest BCUT2D eigenvalue weighted by atomic mass is 16.3. The number of hydrazone groups is 1. The summed E-state index contributed by atoms with van der Waals surface area (Å²) in [5, 5.41) is 13.8. The second kappa shape index (κ2) is 7.24. The van der Waals surface area contributed by atoms with Crippen molar-refractivity contribution in [3.63, 3.8) is 0 Å². The van der Waals surface area contributed by atoms with Crippen LogP contribution in [0.2, 0.25) is 0 Å². The minimum Gasteiger partial charge on any atom is -0.507 e. The maximum absolute atomic E-state index is 12.0. The molecule has 4 heteroatoms. The molecule has 2 aromatic rings. The molecule has 0 radical (unpaired) electrons. The number of nitrogens with zero attached hydrogens (tertiary/aromatic N) is 1. The van der Waals surface area contributed by atoms with E-state index in [-0.39, 0.29) is 11.3 Å². The summed E-state index contributed by atoms with van der Waals surface area (Å²) >= 11 is 0. The van der Waals surface area contributed by atoms with Gasteiger partial charge in [-0.3, -0.25) is 4.79 Å². The van der Waals surface area contributed by atoms with Gasteiger partial charge >= 0.3 is 0 Å². The zero-order chi connectivity index (χ0) is 15.1. The monoisotopic (exact) mass is 282 g/mol. The molecule has 0 saturated carbocycles. The van der Waals surface area contributed by atoms with Crippen LogP contribution in [0.4, 0.5) is 0 Å². The van der Waals surface area contributed by atoms with E-state index < -0.39 is 5.91 Å². The fourth-order valence-corrected chi connectivity index (χ4v) is 1.93. The molecule has 0 aromatic heterocycles. The van der Waals surface area contributed by atoms with Crippen LogP contribution in [0.1, 0.15) is 29.3 Å². The first-order valence-corrected chi connectivity index (χ1v) is 6.88. The van der Waals surface area contributed by atoms with Crippen molar-refractivity contribution in [3.8, 4) is 5.75 Å². The van der Waals surface area contributed by atoms with Gasteiger partial charge in [0.05, 0.1) is 5.56 Å². The van der Waals surface area contributed by atoms with E-state index in [1.165, 1.54) is 6.07 Å². The van der Waals surface area contributed by atoms with Crippen LogP contribution in [0, 0.1) is 0 Å². The van der Waals surface area contributed by atoms with E-state index >= 15 is 0 Å². The first-order valence-electron chi connectivity index (χ1n) is 6.88. The molecule has 0 aliphatic rings. The van der Waals surface area contributed by atoms with E-state index in [4.69, 9.17) is 0 Å². The molecule has 108 valence electrons. The fraction of sp³-hybridized carbons (Fsp3) is 0.176. The van der Waals surface area contributed by atoms with Crippen molar-refractivity contribution in [3.05, 3.63) is 65.7 Å². The molecular formula is C17H18N2O2. The Kier molecular flexibility index (Phi) is 5.10. The Morgan fingerprint density at radius 3 is 2.43 bits per heavy atom. The van der Waals surface area contributed by atoms with Gasteiger partial charge in [0.25, 0.3) is 5.91 Å². The topological polar surface area (TPSA) is 61.7 Å². The fourth-order valence-electron chi connectivity index (χ4n) is 1.93. The van der Waals surface area contributed by atoms with Crippen molar-refractivity contribution in [1.82, 2.24) is 5.43 Å². The number of benzene rings is 2. The van der Waals surface area contributed by atoms with Crippen LogP contribution < -0.4 is 5.43 Å². The Labute approximate surface area is 124 Å². The quantitative estimate of drug-likeness (QED) is 0.653. The highest BCUT2D eigenvalue weighted by molar-refractivity contribution is 5.97. The number of para-hydroxylation sites is 1. The molecule has 0 unspecified atom stereocenters. The first-order chi connectivity index (χ1) is 10.2. The van der Waals surface area contributed by atoms with Crippen LogP contribution in [0.5, 0.6) is 5.75 Å². The first kappa shape index (κ1) is 14.8. The lowest BCUT2D eigenvalue weighted by Gasteiger charge is -2.06. The predicted octanol–water partition coefficient (Wildman–Crippen LogP) is 3.13. The molecule has 0 atom stereocenters. The van der Waals surface area contributed by atoms with Crippen LogP contribution >= 0.6 is 0 Å². The highest BCUT2D eigenvalue weighted by Gasteiger charge is 2.09. The maximum Gasteiger partial charge on any atom is 0.275 e. The number of carbonyl (C=O) groups is 1. The minimum atomic E-state index is -0.410. The molecule has 0 aliphatic heterocycles. The number of carbonyl (C=O) groups excluding carboxylic acids is 1. The maximum atomic E-state index is 12.0. The van der Waals surface area contributed by atoms with Crippen LogP contribution in [0.25, 0.3) is 0 Å². The number of phenolic OH excluding ortho intramolecular Hbond substituents is 1. The molecule has 0 aliphatic carbocycles. The van der Waals surface area contributed by atoms with Gasteiger partial charge in [-0.05, 0) is 24.1 Å². The smallest absolute Gasteiger partial charge is 0.275 e. The molecule has 0 heterocycles. The average Bonchev–Trinajstić information content (AvgIpc) is 2.52.